The second-order valence-corrected chi connectivity index (χ2v) is 8.25. The van der Waals surface area contributed by atoms with E-state index < -0.39 is 64.3 Å². The first-order chi connectivity index (χ1) is 16.5. The van der Waals surface area contributed by atoms with Gasteiger partial charge in [-0.2, -0.15) is 8.78 Å². The molecule has 2 atom stereocenters. The first kappa shape index (κ1) is 25.0. The maximum atomic E-state index is 14.7. The zero-order valence-corrected chi connectivity index (χ0v) is 18.2. The summed E-state index contributed by atoms with van der Waals surface area (Å²) in [5.41, 5.74) is -1.26. The summed E-state index contributed by atoms with van der Waals surface area (Å²) in [5, 5.41) is 0. The molecule has 0 amide bonds. The second-order valence-electron chi connectivity index (χ2n) is 8.25. The molecule has 0 bridgehead atoms. The van der Waals surface area contributed by atoms with Crippen LogP contribution in [0.2, 0.25) is 0 Å². The lowest BCUT2D eigenvalue weighted by Crippen LogP contribution is -2.24. The van der Waals surface area contributed by atoms with E-state index in [1.807, 2.05) is 0 Å². The van der Waals surface area contributed by atoms with Crippen molar-refractivity contribution in [1.29, 1.82) is 0 Å². The van der Waals surface area contributed by atoms with Gasteiger partial charge in [0, 0.05) is 12.0 Å². The Hall–Kier alpha value is -3.14. The molecule has 186 valence electrons. The lowest BCUT2D eigenvalue weighted by molar-refractivity contribution is -0.187. The van der Waals surface area contributed by atoms with E-state index in [0.717, 1.165) is 24.3 Å². The number of ether oxygens (including phenoxy) is 2. The van der Waals surface area contributed by atoms with Gasteiger partial charge in [-0.25, -0.2) is 26.3 Å². The zero-order valence-electron chi connectivity index (χ0n) is 18.2. The van der Waals surface area contributed by atoms with Crippen LogP contribution in [-0.4, -0.2) is 6.61 Å². The molecular formula is C25H18F8O2. The van der Waals surface area contributed by atoms with Gasteiger partial charge in [-0.1, -0.05) is 12.1 Å². The number of alkyl halides is 2. The van der Waals surface area contributed by atoms with Crippen molar-refractivity contribution in [2.24, 2.45) is 0 Å². The normalized spacial score (nSPS) is 18.5. The van der Waals surface area contributed by atoms with Crippen molar-refractivity contribution in [2.45, 2.75) is 37.9 Å². The second kappa shape index (κ2) is 9.49. The highest BCUT2D eigenvalue weighted by molar-refractivity contribution is 5.34. The lowest BCUT2D eigenvalue weighted by Gasteiger charge is -2.30. The molecule has 35 heavy (non-hydrogen) atoms. The minimum absolute atomic E-state index is 0.0492. The van der Waals surface area contributed by atoms with Gasteiger partial charge in [0.2, 0.25) is 0 Å². The molecule has 1 heterocycles. The number of hydrogen-bond acceptors (Lipinski definition) is 2. The molecule has 2 nitrogen and oxygen atoms in total. The molecule has 0 N–H and O–H groups in total. The summed E-state index contributed by atoms with van der Waals surface area (Å²) in [6.07, 6.45) is -4.44. The van der Waals surface area contributed by atoms with Crippen LogP contribution in [0.25, 0.3) is 0 Å². The first-order valence-electron chi connectivity index (χ1n) is 10.5. The first-order valence-corrected chi connectivity index (χ1v) is 10.5. The van der Waals surface area contributed by atoms with Crippen molar-refractivity contribution in [3.05, 3.63) is 99.6 Å². The maximum absolute atomic E-state index is 14.7. The van der Waals surface area contributed by atoms with E-state index in [0.29, 0.717) is 18.6 Å². The van der Waals surface area contributed by atoms with Crippen molar-refractivity contribution in [3.63, 3.8) is 0 Å². The number of rotatable bonds is 5. The Morgan fingerprint density at radius 3 is 2.09 bits per heavy atom. The van der Waals surface area contributed by atoms with Crippen LogP contribution in [-0.2, 0) is 10.8 Å². The van der Waals surface area contributed by atoms with Gasteiger partial charge in [-0.3, -0.25) is 0 Å². The van der Waals surface area contributed by atoms with Crippen LogP contribution in [0, 0.1) is 41.8 Å². The van der Waals surface area contributed by atoms with Crippen LogP contribution in [0.4, 0.5) is 35.1 Å². The lowest BCUT2D eigenvalue weighted by atomic mass is 9.89. The molecule has 10 heteroatoms. The fourth-order valence-corrected chi connectivity index (χ4v) is 4.00. The Bertz CT molecular complexity index is 1230. The summed E-state index contributed by atoms with van der Waals surface area (Å²) < 4.78 is 121. The van der Waals surface area contributed by atoms with Gasteiger partial charge in [0.05, 0.1) is 12.7 Å². The van der Waals surface area contributed by atoms with Crippen molar-refractivity contribution < 1.29 is 44.6 Å². The van der Waals surface area contributed by atoms with Gasteiger partial charge in [-0.15, -0.1) is 0 Å². The molecule has 0 radical (unpaired) electrons. The van der Waals surface area contributed by atoms with E-state index >= 15 is 0 Å². The summed E-state index contributed by atoms with van der Waals surface area (Å²) in [5.74, 6) is -9.48. The van der Waals surface area contributed by atoms with Crippen LogP contribution in [0.5, 0.6) is 5.75 Å². The third-order valence-corrected chi connectivity index (χ3v) is 5.90. The fourth-order valence-electron chi connectivity index (χ4n) is 4.00. The molecular weight excluding hydrogens is 484 g/mol. The largest absolute Gasteiger partial charge is 0.429 e. The standard InChI is InChI=1S/C25H18F8O2/c1-12-2-6-17(23(30)22(12)29)25(32,33)35-15-4-5-16(18(26)10-15)13-3-7-21(34-11-13)14-8-19(27)24(31)20(28)9-14/h2,4-6,8-10,13,21H,3,7,11H2,1H3. The molecule has 0 aliphatic carbocycles. The Labute approximate surface area is 195 Å². The fraction of sp³-hybridized carbons (Fsp3) is 0.280. The molecule has 2 unspecified atom stereocenters. The van der Waals surface area contributed by atoms with Crippen LogP contribution in [0.3, 0.4) is 0 Å². The van der Waals surface area contributed by atoms with Gasteiger partial charge >= 0.3 is 6.11 Å². The Kier molecular flexibility index (Phi) is 6.77. The third-order valence-electron chi connectivity index (χ3n) is 5.90. The molecule has 0 spiro atoms. The minimum atomic E-state index is -4.27. The number of hydrogen-bond donors (Lipinski definition) is 0. The van der Waals surface area contributed by atoms with Gasteiger partial charge in [0.15, 0.2) is 29.1 Å². The smallest absolute Gasteiger partial charge is 0.429 e. The van der Waals surface area contributed by atoms with Crippen molar-refractivity contribution >= 4 is 0 Å². The zero-order chi connectivity index (χ0) is 25.5. The number of benzene rings is 3. The van der Waals surface area contributed by atoms with E-state index in [4.69, 9.17) is 4.74 Å². The Balaban J connectivity index is 1.46. The van der Waals surface area contributed by atoms with Crippen molar-refractivity contribution in [2.75, 3.05) is 6.61 Å². The van der Waals surface area contributed by atoms with Crippen molar-refractivity contribution in [1.82, 2.24) is 0 Å². The third kappa shape index (κ3) is 4.98. The summed E-state index contributed by atoms with van der Waals surface area (Å²) in [6, 6.07) is 6.29. The number of halogens is 8. The molecule has 4 rings (SSSR count). The molecule has 1 saturated heterocycles. The van der Waals surface area contributed by atoms with Gasteiger partial charge in [-0.05, 0) is 60.7 Å². The predicted molar refractivity (Wildman–Crippen MR) is 109 cm³/mol. The van der Waals surface area contributed by atoms with Crippen LogP contribution in [0.15, 0.2) is 42.5 Å². The average molecular weight is 502 g/mol. The van der Waals surface area contributed by atoms with Gasteiger partial charge in [0.1, 0.15) is 17.1 Å². The minimum Gasteiger partial charge on any atom is -0.429 e. The molecule has 1 aliphatic heterocycles. The van der Waals surface area contributed by atoms with Crippen LogP contribution in [0.1, 0.15) is 47.1 Å². The summed E-state index contributed by atoms with van der Waals surface area (Å²) >= 11 is 0. The summed E-state index contributed by atoms with van der Waals surface area (Å²) in [6.45, 7) is 1.16. The molecule has 3 aromatic carbocycles. The summed E-state index contributed by atoms with van der Waals surface area (Å²) in [4.78, 5) is 0. The highest BCUT2D eigenvalue weighted by Crippen LogP contribution is 2.39. The van der Waals surface area contributed by atoms with Crippen molar-refractivity contribution in [3.8, 4) is 5.75 Å². The maximum Gasteiger partial charge on any atom is 0.429 e. The van der Waals surface area contributed by atoms with E-state index in [-0.39, 0.29) is 29.7 Å². The molecule has 0 aromatic heterocycles. The van der Waals surface area contributed by atoms with Gasteiger partial charge in [0.25, 0.3) is 0 Å². The molecule has 1 aliphatic rings. The molecule has 1 fully saturated rings. The Morgan fingerprint density at radius 1 is 0.800 bits per heavy atom. The van der Waals surface area contributed by atoms with E-state index in [1.54, 1.807) is 0 Å². The van der Waals surface area contributed by atoms with Crippen LogP contribution < -0.4 is 4.74 Å². The van der Waals surface area contributed by atoms with E-state index in [1.165, 1.54) is 13.0 Å². The Morgan fingerprint density at radius 2 is 1.49 bits per heavy atom. The highest BCUT2D eigenvalue weighted by Gasteiger charge is 2.39. The van der Waals surface area contributed by atoms with E-state index in [9.17, 15) is 35.1 Å². The highest BCUT2D eigenvalue weighted by atomic mass is 19.3. The topological polar surface area (TPSA) is 18.5 Å². The van der Waals surface area contributed by atoms with Gasteiger partial charge < -0.3 is 9.47 Å². The molecule has 3 aromatic rings. The molecule has 0 saturated carbocycles. The van der Waals surface area contributed by atoms with Crippen LogP contribution >= 0.6 is 0 Å². The van der Waals surface area contributed by atoms with E-state index in [2.05, 4.69) is 4.74 Å². The predicted octanol–water partition coefficient (Wildman–Crippen LogP) is 7.59. The average Bonchev–Trinajstić information content (AvgIpc) is 2.80. The monoisotopic (exact) mass is 502 g/mol. The SMILES string of the molecule is Cc1ccc(C(F)(F)Oc2ccc(C3CCC(c4cc(F)c(F)c(F)c4)OC3)c(F)c2)c(F)c1F. The summed E-state index contributed by atoms with van der Waals surface area (Å²) in [7, 11) is 0. The number of aryl methyl sites for hydroxylation is 1. The quantitative estimate of drug-likeness (QED) is 0.264.